The second-order valence-corrected chi connectivity index (χ2v) is 6.79. The Labute approximate surface area is 150 Å². The number of carbonyl (C=O) groups excluding carboxylic acids is 1. The molecule has 2 aromatic rings. The van der Waals surface area contributed by atoms with Crippen LogP contribution in [-0.2, 0) is 17.9 Å². The van der Waals surface area contributed by atoms with Crippen LogP contribution in [0, 0.1) is 0 Å². The van der Waals surface area contributed by atoms with E-state index in [1.165, 1.54) is 30.4 Å². The minimum Gasteiger partial charge on any atom is -0.312 e. The van der Waals surface area contributed by atoms with Crippen LogP contribution in [0.15, 0.2) is 48.8 Å². The van der Waals surface area contributed by atoms with Crippen molar-refractivity contribution >= 4 is 11.6 Å². The van der Waals surface area contributed by atoms with Crippen LogP contribution in [-0.4, -0.2) is 28.9 Å². The Hall–Kier alpha value is -2.20. The molecule has 3 rings (SSSR count). The van der Waals surface area contributed by atoms with Gasteiger partial charge < -0.3 is 4.90 Å². The molecule has 1 aliphatic heterocycles. The van der Waals surface area contributed by atoms with Crippen LogP contribution in [0.1, 0.15) is 43.7 Å². The second kappa shape index (κ2) is 8.77. The number of aromatic nitrogens is 1. The van der Waals surface area contributed by atoms with Crippen molar-refractivity contribution in [2.24, 2.45) is 0 Å². The molecule has 1 aromatic heterocycles. The lowest BCUT2D eigenvalue weighted by atomic mass is 10.1. The second-order valence-electron chi connectivity index (χ2n) is 6.79. The van der Waals surface area contributed by atoms with Gasteiger partial charge in [-0.2, -0.15) is 0 Å². The largest absolute Gasteiger partial charge is 0.312 e. The number of carbonyl (C=O) groups is 1. The van der Waals surface area contributed by atoms with Crippen molar-refractivity contribution in [2.45, 2.75) is 45.7 Å². The molecule has 2 heterocycles. The van der Waals surface area contributed by atoms with E-state index in [1.807, 2.05) is 29.4 Å². The fraction of sp³-hybridized carbons (Fsp3) is 0.429. The highest BCUT2D eigenvalue weighted by Crippen LogP contribution is 2.25. The van der Waals surface area contributed by atoms with E-state index in [4.69, 9.17) is 0 Å². The lowest BCUT2D eigenvalue weighted by Gasteiger charge is -2.27. The molecule has 1 aromatic carbocycles. The summed E-state index contributed by atoms with van der Waals surface area (Å²) in [7, 11) is 0. The van der Waals surface area contributed by atoms with E-state index in [9.17, 15) is 4.79 Å². The molecule has 0 radical (unpaired) electrons. The Balaban J connectivity index is 1.87. The molecule has 4 heteroatoms. The first-order chi connectivity index (χ1) is 12.2. The number of hydrogen-bond acceptors (Lipinski definition) is 3. The Morgan fingerprint density at radius 2 is 1.84 bits per heavy atom. The number of fused-ring (bicyclic) bond motifs is 1. The maximum absolute atomic E-state index is 12.2. The first-order valence-electron chi connectivity index (χ1n) is 9.21. The average Bonchev–Trinajstić information content (AvgIpc) is 2.65. The van der Waals surface area contributed by atoms with Gasteiger partial charge in [-0.05, 0) is 42.6 Å². The van der Waals surface area contributed by atoms with E-state index in [0.29, 0.717) is 0 Å². The number of amides is 1. The van der Waals surface area contributed by atoms with Gasteiger partial charge in [0.1, 0.15) is 0 Å². The van der Waals surface area contributed by atoms with Crippen LogP contribution in [0.4, 0.5) is 5.69 Å². The quantitative estimate of drug-likeness (QED) is 0.831. The van der Waals surface area contributed by atoms with E-state index in [2.05, 4.69) is 34.1 Å². The fourth-order valence-corrected chi connectivity index (χ4v) is 3.52. The molecule has 132 valence electrons. The predicted molar refractivity (Wildman–Crippen MR) is 101 cm³/mol. The molecule has 0 bridgehead atoms. The number of pyridine rings is 1. The first-order valence-corrected chi connectivity index (χ1v) is 9.21. The molecular formula is C21H27N3O. The molecule has 0 unspecified atom stereocenters. The summed E-state index contributed by atoms with van der Waals surface area (Å²) in [4.78, 5) is 20.8. The summed E-state index contributed by atoms with van der Waals surface area (Å²) in [5.74, 6) is 0.130. The average molecular weight is 337 g/mol. The molecule has 0 atom stereocenters. The molecule has 0 saturated carbocycles. The molecule has 1 aliphatic rings. The van der Waals surface area contributed by atoms with Gasteiger partial charge in [0.2, 0.25) is 5.91 Å². The molecule has 25 heavy (non-hydrogen) atoms. The number of anilines is 1. The lowest BCUT2D eigenvalue weighted by molar-refractivity contribution is -0.116. The third-order valence-corrected chi connectivity index (χ3v) is 4.79. The highest BCUT2D eigenvalue weighted by Gasteiger charge is 2.18. The third kappa shape index (κ3) is 4.89. The van der Waals surface area contributed by atoms with Gasteiger partial charge in [0.25, 0.3) is 0 Å². The van der Waals surface area contributed by atoms with E-state index in [1.54, 1.807) is 6.92 Å². The van der Waals surface area contributed by atoms with Crippen LogP contribution < -0.4 is 4.90 Å². The molecule has 0 N–H and O–H groups in total. The number of rotatable bonds is 2. The first kappa shape index (κ1) is 17.6. The van der Waals surface area contributed by atoms with Crippen LogP contribution in [0.3, 0.4) is 0 Å². The van der Waals surface area contributed by atoms with Gasteiger partial charge in [0.05, 0.1) is 0 Å². The minimum atomic E-state index is 0.130. The molecule has 0 saturated heterocycles. The van der Waals surface area contributed by atoms with Crippen LogP contribution in [0.5, 0.6) is 0 Å². The summed E-state index contributed by atoms with van der Waals surface area (Å²) < 4.78 is 0. The smallest absolute Gasteiger partial charge is 0.223 e. The molecule has 1 amide bonds. The maximum atomic E-state index is 12.2. The monoisotopic (exact) mass is 337 g/mol. The molecule has 4 nitrogen and oxygen atoms in total. The number of hydrogen-bond donors (Lipinski definition) is 0. The van der Waals surface area contributed by atoms with Crippen LogP contribution >= 0.6 is 0 Å². The van der Waals surface area contributed by atoms with Crippen LogP contribution in [0.2, 0.25) is 0 Å². The van der Waals surface area contributed by atoms with E-state index in [-0.39, 0.29) is 5.91 Å². The zero-order valence-electron chi connectivity index (χ0n) is 15.0. The summed E-state index contributed by atoms with van der Waals surface area (Å²) in [6.07, 6.45) is 8.41. The van der Waals surface area contributed by atoms with Crippen molar-refractivity contribution in [3.63, 3.8) is 0 Å². The van der Waals surface area contributed by atoms with Gasteiger partial charge in [-0.1, -0.05) is 37.1 Å². The summed E-state index contributed by atoms with van der Waals surface area (Å²) in [5.41, 5.74) is 3.52. The number of nitrogens with zero attached hydrogens (tertiary/aromatic N) is 3. The van der Waals surface area contributed by atoms with Crippen molar-refractivity contribution in [3.8, 4) is 0 Å². The summed E-state index contributed by atoms with van der Waals surface area (Å²) in [6, 6.07) is 12.5. The van der Waals surface area contributed by atoms with Crippen molar-refractivity contribution < 1.29 is 4.79 Å². The number of benzene rings is 1. The van der Waals surface area contributed by atoms with Gasteiger partial charge in [-0.25, -0.2) is 0 Å². The van der Waals surface area contributed by atoms with Crippen molar-refractivity contribution in [2.75, 3.05) is 18.0 Å². The predicted octanol–water partition coefficient (Wildman–Crippen LogP) is 4.01. The van der Waals surface area contributed by atoms with Crippen molar-refractivity contribution in [3.05, 3.63) is 59.9 Å². The van der Waals surface area contributed by atoms with Gasteiger partial charge in [-0.3, -0.25) is 14.7 Å². The molecule has 0 aliphatic carbocycles. The molecule has 0 spiro atoms. The SMILES string of the molecule is CC(=O)N1CCCCCCN(Cc2cccnc2)Cc2ccccc21. The number of para-hydroxylation sites is 1. The van der Waals surface area contributed by atoms with Crippen LogP contribution in [0.25, 0.3) is 0 Å². The van der Waals surface area contributed by atoms with E-state index in [0.717, 1.165) is 38.3 Å². The Morgan fingerprint density at radius 3 is 2.60 bits per heavy atom. The highest BCUT2D eigenvalue weighted by molar-refractivity contribution is 5.92. The topological polar surface area (TPSA) is 36.4 Å². The summed E-state index contributed by atoms with van der Waals surface area (Å²) in [6.45, 7) is 5.30. The van der Waals surface area contributed by atoms with Gasteiger partial charge in [0.15, 0.2) is 0 Å². The standard InChI is InChI=1S/C21H27N3O/c1-18(25)24-14-7-3-2-6-13-23(16-19-9-8-12-22-15-19)17-20-10-4-5-11-21(20)24/h4-5,8-12,15H,2-3,6-7,13-14,16-17H2,1H3. The Morgan fingerprint density at radius 1 is 1.04 bits per heavy atom. The normalized spacial score (nSPS) is 16.8. The third-order valence-electron chi connectivity index (χ3n) is 4.79. The zero-order chi connectivity index (χ0) is 17.5. The maximum Gasteiger partial charge on any atom is 0.223 e. The van der Waals surface area contributed by atoms with Gasteiger partial charge in [-0.15, -0.1) is 0 Å². The van der Waals surface area contributed by atoms with Crippen molar-refractivity contribution in [1.82, 2.24) is 9.88 Å². The molecular weight excluding hydrogens is 310 g/mol. The molecule has 0 fully saturated rings. The summed E-state index contributed by atoms with van der Waals surface area (Å²) >= 11 is 0. The zero-order valence-corrected chi connectivity index (χ0v) is 15.0. The summed E-state index contributed by atoms with van der Waals surface area (Å²) in [5, 5.41) is 0. The van der Waals surface area contributed by atoms with E-state index >= 15 is 0 Å². The fourth-order valence-electron chi connectivity index (χ4n) is 3.52. The Kier molecular flexibility index (Phi) is 6.18. The highest BCUT2D eigenvalue weighted by atomic mass is 16.2. The minimum absolute atomic E-state index is 0.130. The van der Waals surface area contributed by atoms with Gasteiger partial charge >= 0.3 is 0 Å². The van der Waals surface area contributed by atoms with E-state index < -0.39 is 0 Å². The van der Waals surface area contributed by atoms with Gasteiger partial charge in [0, 0.05) is 44.6 Å². The van der Waals surface area contributed by atoms with Crippen molar-refractivity contribution in [1.29, 1.82) is 0 Å². The lowest BCUT2D eigenvalue weighted by Crippen LogP contribution is -2.31. The Bertz CT molecular complexity index is 687.